The maximum Gasteiger partial charge on any atom is 0.253 e. The standard InChI is InChI=1S/C26H27N3O5/c27-24(30)22-8-1-2-9-23(22)34-17-18-5-3-6-20(15-18)26(32)29-12-10-19(11-13-29)25(31)28-16-21-7-4-14-33-21/h1-9,14-15,19H,10-13,16-17H2,(H2,27,30)(H,28,31). The molecule has 8 nitrogen and oxygen atoms in total. The minimum Gasteiger partial charge on any atom is -0.488 e. The first kappa shape index (κ1) is 23.1. The Labute approximate surface area is 197 Å². The van der Waals surface area contributed by atoms with E-state index in [1.54, 1.807) is 59.7 Å². The Morgan fingerprint density at radius 3 is 2.56 bits per heavy atom. The molecule has 0 atom stereocenters. The van der Waals surface area contributed by atoms with Crippen molar-refractivity contribution in [3.05, 3.63) is 89.4 Å². The van der Waals surface area contributed by atoms with Crippen molar-refractivity contribution in [1.82, 2.24) is 10.2 Å². The van der Waals surface area contributed by atoms with Crippen LogP contribution in [0, 0.1) is 5.92 Å². The second kappa shape index (κ2) is 10.7. The van der Waals surface area contributed by atoms with Crippen LogP contribution >= 0.6 is 0 Å². The zero-order chi connectivity index (χ0) is 23.9. The monoisotopic (exact) mass is 461 g/mol. The Hall–Kier alpha value is -4.07. The van der Waals surface area contributed by atoms with Gasteiger partial charge in [0, 0.05) is 24.6 Å². The van der Waals surface area contributed by atoms with E-state index in [0.717, 1.165) is 5.56 Å². The molecule has 0 bridgehead atoms. The Bertz CT molecular complexity index is 1150. The molecule has 3 aromatic rings. The van der Waals surface area contributed by atoms with Gasteiger partial charge in [0.05, 0.1) is 18.4 Å². The lowest BCUT2D eigenvalue weighted by Crippen LogP contribution is -2.42. The minimum absolute atomic E-state index is 0.0149. The van der Waals surface area contributed by atoms with Crippen molar-refractivity contribution < 1.29 is 23.5 Å². The number of rotatable bonds is 8. The van der Waals surface area contributed by atoms with Crippen LogP contribution in [-0.2, 0) is 17.9 Å². The molecule has 1 aliphatic heterocycles. The fraction of sp³-hybridized carbons (Fsp3) is 0.269. The first-order valence-corrected chi connectivity index (χ1v) is 11.2. The molecule has 4 rings (SSSR count). The van der Waals surface area contributed by atoms with Gasteiger partial charge in [-0.2, -0.15) is 0 Å². The minimum atomic E-state index is -0.558. The van der Waals surface area contributed by atoms with Crippen LogP contribution in [0.25, 0.3) is 0 Å². The zero-order valence-corrected chi connectivity index (χ0v) is 18.7. The molecule has 34 heavy (non-hydrogen) atoms. The predicted octanol–water partition coefficient (Wildman–Crippen LogP) is 3.13. The summed E-state index contributed by atoms with van der Waals surface area (Å²) in [5, 5.41) is 2.90. The van der Waals surface area contributed by atoms with E-state index in [9.17, 15) is 14.4 Å². The Morgan fingerprint density at radius 2 is 1.82 bits per heavy atom. The third kappa shape index (κ3) is 5.64. The van der Waals surface area contributed by atoms with E-state index in [1.165, 1.54) is 0 Å². The highest BCUT2D eigenvalue weighted by Gasteiger charge is 2.28. The number of carbonyl (C=O) groups excluding carboxylic acids is 3. The molecule has 2 heterocycles. The van der Waals surface area contributed by atoms with Gasteiger partial charge in [0.15, 0.2) is 0 Å². The van der Waals surface area contributed by atoms with Gasteiger partial charge in [-0.3, -0.25) is 14.4 Å². The molecule has 0 aliphatic carbocycles. The van der Waals surface area contributed by atoms with E-state index in [-0.39, 0.29) is 24.3 Å². The Kier molecular flexibility index (Phi) is 7.27. The van der Waals surface area contributed by atoms with Crippen LogP contribution in [0.5, 0.6) is 5.75 Å². The third-order valence-corrected chi connectivity index (χ3v) is 5.89. The number of hydrogen-bond donors (Lipinski definition) is 2. The number of benzene rings is 2. The van der Waals surface area contributed by atoms with Gasteiger partial charge < -0.3 is 25.1 Å². The van der Waals surface area contributed by atoms with E-state index < -0.39 is 5.91 Å². The summed E-state index contributed by atoms with van der Waals surface area (Å²) in [5.41, 5.74) is 7.07. The number of nitrogens with two attached hydrogens (primary N) is 1. The maximum atomic E-state index is 13.0. The molecule has 0 spiro atoms. The molecule has 1 aromatic heterocycles. The molecule has 176 valence electrons. The van der Waals surface area contributed by atoms with Crippen molar-refractivity contribution in [2.45, 2.75) is 26.0 Å². The lowest BCUT2D eigenvalue weighted by atomic mass is 9.95. The van der Waals surface area contributed by atoms with E-state index in [1.807, 2.05) is 12.1 Å². The Morgan fingerprint density at radius 1 is 1.03 bits per heavy atom. The second-order valence-corrected chi connectivity index (χ2v) is 8.21. The number of hydrogen-bond acceptors (Lipinski definition) is 5. The number of nitrogens with one attached hydrogen (secondary N) is 1. The fourth-order valence-corrected chi connectivity index (χ4v) is 4.01. The molecular weight excluding hydrogens is 434 g/mol. The van der Waals surface area contributed by atoms with Crippen molar-refractivity contribution in [2.75, 3.05) is 13.1 Å². The van der Waals surface area contributed by atoms with Crippen LogP contribution in [0.2, 0.25) is 0 Å². The molecule has 1 saturated heterocycles. The average molecular weight is 462 g/mol. The first-order valence-electron chi connectivity index (χ1n) is 11.2. The number of carbonyl (C=O) groups is 3. The first-order chi connectivity index (χ1) is 16.5. The highest BCUT2D eigenvalue weighted by molar-refractivity contribution is 5.95. The largest absolute Gasteiger partial charge is 0.488 e. The fourth-order valence-electron chi connectivity index (χ4n) is 4.01. The molecule has 0 radical (unpaired) electrons. The smallest absolute Gasteiger partial charge is 0.253 e. The van der Waals surface area contributed by atoms with Crippen molar-refractivity contribution in [1.29, 1.82) is 0 Å². The summed E-state index contributed by atoms with van der Waals surface area (Å²) in [7, 11) is 0. The number of primary amides is 1. The van der Waals surface area contributed by atoms with E-state index >= 15 is 0 Å². The summed E-state index contributed by atoms with van der Waals surface area (Å²) in [4.78, 5) is 38.8. The lowest BCUT2D eigenvalue weighted by molar-refractivity contribution is -0.126. The number of amides is 3. The zero-order valence-electron chi connectivity index (χ0n) is 18.7. The summed E-state index contributed by atoms with van der Waals surface area (Å²) >= 11 is 0. The summed E-state index contributed by atoms with van der Waals surface area (Å²) < 4.78 is 11.0. The van der Waals surface area contributed by atoms with Gasteiger partial charge in [0.25, 0.3) is 11.8 Å². The van der Waals surface area contributed by atoms with E-state index in [2.05, 4.69) is 5.32 Å². The van der Waals surface area contributed by atoms with Gasteiger partial charge in [0.2, 0.25) is 5.91 Å². The SMILES string of the molecule is NC(=O)c1ccccc1OCc1cccc(C(=O)N2CCC(C(=O)NCc3ccco3)CC2)c1. The topological polar surface area (TPSA) is 115 Å². The van der Waals surface area contributed by atoms with E-state index in [4.69, 9.17) is 14.9 Å². The van der Waals surface area contributed by atoms with Gasteiger partial charge >= 0.3 is 0 Å². The molecule has 1 aliphatic rings. The molecule has 2 aromatic carbocycles. The van der Waals surface area contributed by atoms with Crippen molar-refractivity contribution in [3.8, 4) is 5.75 Å². The van der Waals surface area contributed by atoms with Crippen LogP contribution < -0.4 is 15.8 Å². The van der Waals surface area contributed by atoms with Gasteiger partial charge in [-0.15, -0.1) is 0 Å². The molecule has 1 fully saturated rings. The number of piperidine rings is 1. The highest BCUT2D eigenvalue weighted by atomic mass is 16.5. The normalized spacial score (nSPS) is 13.9. The van der Waals surface area contributed by atoms with Crippen LogP contribution in [0.1, 0.15) is 44.9 Å². The van der Waals surface area contributed by atoms with E-state index in [0.29, 0.717) is 55.1 Å². The summed E-state index contributed by atoms with van der Waals surface area (Å²) in [6.07, 6.45) is 2.80. The lowest BCUT2D eigenvalue weighted by Gasteiger charge is -2.31. The van der Waals surface area contributed by atoms with Gasteiger partial charge in [0.1, 0.15) is 18.1 Å². The maximum absolute atomic E-state index is 13.0. The summed E-state index contributed by atoms with van der Waals surface area (Å²) in [6, 6.07) is 17.6. The average Bonchev–Trinajstić information content (AvgIpc) is 3.40. The van der Waals surface area contributed by atoms with Crippen LogP contribution in [0.4, 0.5) is 0 Å². The van der Waals surface area contributed by atoms with Crippen molar-refractivity contribution in [3.63, 3.8) is 0 Å². The third-order valence-electron chi connectivity index (χ3n) is 5.89. The van der Waals surface area contributed by atoms with Crippen LogP contribution in [-0.4, -0.2) is 35.7 Å². The molecule has 3 N–H and O–H groups in total. The number of para-hydroxylation sites is 1. The summed E-state index contributed by atoms with van der Waals surface area (Å²) in [6.45, 7) is 1.60. The Balaban J connectivity index is 1.30. The molecule has 8 heteroatoms. The van der Waals surface area contributed by atoms with Crippen molar-refractivity contribution >= 4 is 17.7 Å². The second-order valence-electron chi connectivity index (χ2n) is 8.21. The van der Waals surface area contributed by atoms with Gasteiger partial charge in [-0.05, 0) is 54.8 Å². The molecular formula is C26H27N3O5. The molecule has 0 saturated carbocycles. The summed E-state index contributed by atoms with van der Waals surface area (Å²) in [5.74, 6) is 0.344. The molecule has 0 unspecified atom stereocenters. The van der Waals surface area contributed by atoms with Crippen LogP contribution in [0.15, 0.2) is 71.3 Å². The number of likely N-dealkylation sites (tertiary alicyclic amines) is 1. The van der Waals surface area contributed by atoms with Gasteiger partial charge in [-0.25, -0.2) is 0 Å². The highest BCUT2D eigenvalue weighted by Crippen LogP contribution is 2.22. The van der Waals surface area contributed by atoms with Gasteiger partial charge in [-0.1, -0.05) is 24.3 Å². The number of furan rings is 1. The number of ether oxygens (including phenoxy) is 1. The number of nitrogens with zero attached hydrogens (tertiary/aromatic N) is 1. The predicted molar refractivity (Wildman–Crippen MR) is 125 cm³/mol. The molecule has 3 amide bonds. The van der Waals surface area contributed by atoms with Crippen LogP contribution in [0.3, 0.4) is 0 Å². The quantitative estimate of drug-likeness (QED) is 0.535. The van der Waals surface area contributed by atoms with Crippen molar-refractivity contribution in [2.24, 2.45) is 11.7 Å².